The Morgan fingerprint density at radius 3 is 2.26 bits per heavy atom. The minimum atomic E-state index is -0.407. The minimum absolute atomic E-state index is 0.0619. The molecule has 4 aromatic carbocycles. The molecular formula is C39H39FN2. The molecule has 0 N–H and O–H groups in total. The van der Waals surface area contributed by atoms with E-state index in [1.165, 1.54) is 10.9 Å². The number of pyridine rings is 2. The largest absolute Gasteiger partial charge is 0.260 e. The predicted octanol–water partition coefficient (Wildman–Crippen LogP) is 10.7. The van der Waals surface area contributed by atoms with E-state index in [1.54, 1.807) is 0 Å². The molecule has 2 nitrogen and oxygen atoms in total. The van der Waals surface area contributed by atoms with Gasteiger partial charge in [0.1, 0.15) is 5.82 Å². The van der Waals surface area contributed by atoms with Crippen molar-refractivity contribution in [1.29, 1.82) is 0 Å². The molecule has 2 aromatic heterocycles. The molecule has 0 fully saturated rings. The Morgan fingerprint density at radius 1 is 0.714 bits per heavy atom. The van der Waals surface area contributed by atoms with Gasteiger partial charge in [-0.15, -0.1) is 0 Å². The van der Waals surface area contributed by atoms with E-state index in [1.807, 2.05) is 36.7 Å². The standard InChI is InChI=1S/C39H39FN2/c1-24(2)29-11-8-10-28-23-42-35(21-32(28)29)26-15-14-25-18-19-41-37(33(25)20-26)39(6,7)22-27-16-17-30-31(36(27)40)12-9-13-34(30)38(3,4)5/h8-21,23-24H,22H2,1-7H3. The van der Waals surface area contributed by atoms with Gasteiger partial charge in [0.05, 0.1) is 11.4 Å². The van der Waals surface area contributed by atoms with Crippen LogP contribution in [0.1, 0.15) is 76.8 Å². The topological polar surface area (TPSA) is 25.8 Å². The molecule has 0 aliphatic heterocycles. The number of hydrogen-bond donors (Lipinski definition) is 0. The van der Waals surface area contributed by atoms with Crippen LogP contribution in [0, 0.1) is 5.82 Å². The van der Waals surface area contributed by atoms with E-state index in [4.69, 9.17) is 9.97 Å². The lowest BCUT2D eigenvalue weighted by Gasteiger charge is -2.27. The second kappa shape index (κ2) is 10.3. The van der Waals surface area contributed by atoms with E-state index in [9.17, 15) is 0 Å². The summed E-state index contributed by atoms with van der Waals surface area (Å²) in [5.41, 5.74) is 5.70. The molecule has 212 valence electrons. The van der Waals surface area contributed by atoms with Gasteiger partial charge < -0.3 is 0 Å². The van der Waals surface area contributed by atoms with Crippen LogP contribution in [0.25, 0.3) is 43.6 Å². The molecule has 3 heteroatoms. The first-order chi connectivity index (χ1) is 19.9. The van der Waals surface area contributed by atoms with Crippen molar-refractivity contribution in [2.75, 3.05) is 0 Å². The molecular weight excluding hydrogens is 515 g/mol. The van der Waals surface area contributed by atoms with Crippen molar-refractivity contribution in [1.82, 2.24) is 9.97 Å². The first-order valence-corrected chi connectivity index (χ1v) is 14.9. The predicted molar refractivity (Wildman–Crippen MR) is 176 cm³/mol. The number of fused-ring (bicyclic) bond motifs is 3. The lowest BCUT2D eigenvalue weighted by atomic mass is 9.78. The molecule has 0 spiro atoms. The summed E-state index contributed by atoms with van der Waals surface area (Å²) < 4.78 is 16.1. The average molecular weight is 555 g/mol. The Morgan fingerprint density at radius 2 is 1.50 bits per heavy atom. The Kier molecular flexibility index (Phi) is 6.88. The van der Waals surface area contributed by atoms with Gasteiger partial charge in [-0.3, -0.25) is 9.97 Å². The zero-order valence-corrected chi connectivity index (χ0v) is 25.7. The van der Waals surface area contributed by atoms with Crippen molar-refractivity contribution in [2.24, 2.45) is 0 Å². The normalized spacial score (nSPS) is 12.6. The highest BCUT2D eigenvalue weighted by Gasteiger charge is 2.28. The maximum Gasteiger partial charge on any atom is 0.134 e. The smallest absolute Gasteiger partial charge is 0.134 e. The fourth-order valence-corrected chi connectivity index (χ4v) is 6.44. The van der Waals surface area contributed by atoms with Crippen LogP contribution >= 0.6 is 0 Å². The van der Waals surface area contributed by atoms with Crippen molar-refractivity contribution in [3.05, 3.63) is 119 Å². The Hall–Kier alpha value is -4.11. The Balaban J connectivity index is 1.43. The van der Waals surface area contributed by atoms with Gasteiger partial charge in [0.2, 0.25) is 0 Å². The number of nitrogens with zero attached hydrogens (tertiary/aromatic N) is 2. The van der Waals surface area contributed by atoms with Crippen LogP contribution in [0.5, 0.6) is 0 Å². The van der Waals surface area contributed by atoms with Gasteiger partial charge in [0, 0.05) is 39.5 Å². The molecule has 0 saturated carbocycles. The lowest BCUT2D eigenvalue weighted by molar-refractivity contribution is 0.494. The highest BCUT2D eigenvalue weighted by molar-refractivity contribution is 5.92. The lowest BCUT2D eigenvalue weighted by Crippen LogP contribution is -2.23. The summed E-state index contributed by atoms with van der Waals surface area (Å²) in [6.45, 7) is 15.3. The fraction of sp³-hybridized carbons (Fsp3) is 0.282. The van der Waals surface area contributed by atoms with E-state index in [0.717, 1.165) is 44.1 Å². The van der Waals surface area contributed by atoms with Crippen LogP contribution in [0.4, 0.5) is 4.39 Å². The maximum atomic E-state index is 16.1. The summed E-state index contributed by atoms with van der Waals surface area (Å²) in [4.78, 5) is 9.73. The number of rotatable bonds is 5. The molecule has 0 radical (unpaired) electrons. The highest BCUT2D eigenvalue weighted by Crippen LogP contribution is 2.37. The number of aromatic nitrogens is 2. The molecule has 0 amide bonds. The molecule has 0 atom stereocenters. The Bertz CT molecular complexity index is 1960. The molecule has 0 aliphatic rings. The molecule has 6 aromatic rings. The minimum Gasteiger partial charge on any atom is -0.260 e. The monoisotopic (exact) mass is 554 g/mol. The van der Waals surface area contributed by atoms with E-state index in [0.29, 0.717) is 23.3 Å². The van der Waals surface area contributed by atoms with Crippen LogP contribution in [0.2, 0.25) is 0 Å². The molecule has 2 heterocycles. The molecule has 0 aliphatic carbocycles. The summed E-state index contributed by atoms with van der Waals surface area (Å²) in [5.74, 6) is 0.293. The second-order valence-electron chi connectivity index (χ2n) is 13.6. The van der Waals surface area contributed by atoms with E-state index < -0.39 is 5.41 Å². The molecule has 0 unspecified atom stereocenters. The van der Waals surface area contributed by atoms with Gasteiger partial charge in [-0.25, -0.2) is 4.39 Å². The van der Waals surface area contributed by atoms with Gasteiger partial charge in [0.15, 0.2) is 0 Å². The van der Waals surface area contributed by atoms with Crippen molar-refractivity contribution in [3.8, 4) is 11.3 Å². The third-order valence-corrected chi connectivity index (χ3v) is 8.64. The highest BCUT2D eigenvalue weighted by atomic mass is 19.1. The van der Waals surface area contributed by atoms with Gasteiger partial charge in [-0.2, -0.15) is 0 Å². The number of hydrogen-bond acceptors (Lipinski definition) is 2. The van der Waals surface area contributed by atoms with E-state index in [-0.39, 0.29) is 11.2 Å². The van der Waals surface area contributed by atoms with Crippen molar-refractivity contribution >= 4 is 32.3 Å². The van der Waals surface area contributed by atoms with Crippen LogP contribution in [-0.2, 0) is 17.3 Å². The van der Waals surface area contributed by atoms with Gasteiger partial charge in [-0.05, 0) is 68.8 Å². The van der Waals surface area contributed by atoms with E-state index >= 15 is 4.39 Å². The quantitative estimate of drug-likeness (QED) is 0.212. The van der Waals surface area contributed by atoms with E-state index in [2.05, 4.69) is 103 Å². The summed E-state index contributed by atoms with van der Waals surface area (Å²) >= 11 is 0. The number of halogens is 1. The van der Waals surface area contributed by atoms with Crippen molar-refractivity contribution in [3.63, 3.8) is 0 Å². The summed E-state index contributed by atoms with van der Waals surface area (Å²) in [6, 6.07) is 27.2. The maximum absolute atomic E-state index is 16.1. The SMILES string of the molecule is CC(C)c1cccc2cnc(-c3ccc4ccnc(C(C)(C)Cc5ccc6c(C(C)(C)C)cccc6c5F)c4c3)cc12. The molecule has 0 saturated heterocycles. The van der Waals surface area contributed by atoms with Crippen molar-refractivity contribution in [2.45, 2.75) is 71.6 Å². The molecule has 6 rings (SSSR count). The average Bonchev–Trinajstić information content (AvgIpc) is 2.96. The van der Waals surface area contributed by atoms with Crippen LogP contribution < -0.4 is 0 Å². The van der Waals surface area contributed by atoms with Crippen LogP contribution in [-0.4, -0.2) is 9.97 Å². The fourth-order valence-electron chi connectivity index (χ4n) is 6.44. The number of benzene rings is 4. The van der Waals surface area contributed by atoms with Gasteiger partial charge in [0.25, 0.3) is 0 Å². The summed E-state index contributed by atoms with van der Waals surface area (Å²) in [6.07, 6.45) is 4.38. The summed E-state index contributed by atoms with van der Waals surface area (Å²) in [7, 11) is 0. The zero-order chi connectivity index (χ0) is 29.8. The zero-order valence-electron chi connectivity index (χ0n) is 25.7. The first kappa shape index (κ1) is 28.0. The van der Waals surface area contributed by atoms with Gasteiger partial charge >= 0.3 is 0 Å². The third-order valence-electron chi connectivity index (χ3n) is 8.64. The van der Waals surface area contributed by atoms with Crippen LogP contribution in [0.3, 0.4) is 0 Å². The third kappa shape index (κ3) is 4.96. The molecule has 42 heavy (non-hydrogen) atoms. The van der Waals surface area contributed by atoms with Gasteiger partial charge in [-0.1, -0.05) is 109 Å². The van der Waals surface area contributed by atoms with Crippen LogP contribution in [0.15, 0.2) is 91.3 Å². The molecule has 0 bridgehead atoms. The second-order valence-corrected chi connectivity index (χ2v) is 13.6. The van der Waals surface area contributed by atoms with Crippen molar-refractivity contribution < 1.29 is 4.39 Å². The first-order valence-electron chi connectivity index (χ1n) is 14.9. The Labute approximate surface area is 248 Å². The summed E-state index contributed by atoms with van der Waals surface area (Å²) in [5, 5.41) is 6.27.